The Morgan fingerprint density at radius 3 is 2.58 bits per heavy atom. The van der Waals surface area contributed by atoms with Gasteiger partial charge < -0.3 is 10.1 Å². The first-order chi connectivity index (χ1) is 9.00. The van der Waals surface area contributed by atoms with Crippen LogP contribution in [0.15, 0.2) is 23.1 Å². The predicted octanol–water partition coefficient (Wildman–Crippen LogP) is 1.64. The Kier molecular flexibility index (Phi) is 4.47. The van der Waals surface area contributed by atoms with Gasteiger partial charge in [-0.3, -0.25) is 0 Å². The van der Waals surface area contributed by atoms with Gasteiger partial charge in [0.15, 0.2) is 9.84 Å². The monoisotopic (exact) mass is 283 g/mol. The van der Waals surface area contributed by atoms with Crippen LogP contribution in [0.5, 0.6) is 5.75 Å². The second kappa shape index (κ2) is 5.92. The summed E-state index contributed by atoms with van der Waals surface area (Å²) < 4.78 is 28.6. The molecule has 0 saturated carbocycles. The molecule has 1 aromatic rings. The number of piperidine rings is 1. The lowest BCUT2D eigenvalue weighted by Crippen LogP contribution is -2.28. The van der Waals surface area contributed by atoms with Crippen molar-refractivity contribution in [3.05, 3.63) is 23.8 Å². The average Bonchev–Trinajstić information content (AvgIpc) is 2.39. The number of nitrogens with one attached hydrogen (secondary N) is 1. The molecule has 1 heterocycles. The van der Waals surface area contributed by atoms with E-state index < -0.39 is 9.84 Å². The highest BCUT2D eigenvalue weighted by atomic mass is 32.2. The minimum Gasteiger partial charge on any atom is -0.496 e. The molecule has 0 bridgehead atoms. The number of ether oxygens (including phenoxy) is 1. The van der Waals surface area contributed by atoms with Gasteiger partial charge in [0.2, 0.25) is 0 Å². The van der Waals surface area contributed by atoms with Gasteiger partial charge in [-0.25, -0.2) is 8.42 Å². The summed E-state index contributed by atoms with van der Waals surface area (Å²) >= 11 is 0. The highest BCUT2D eigenvalue weighted by Gasteiger charge is 2.17. The first kappa shape index (κ1) is 14.3. The van der Waals surface area contributed by atoms with E-state index in [9.17, 15) is 8.42 Å². The summed E-state index contributed by atoms with van der Waals surface area (Å²) in [5.74, 6) is 1.39. The number of benzene rings is 1. The van der Waals surface area contributed by atoms with Gasteiger partial charge in [0.05, 0.1) is 12.0 Å². The minimum absolute atomic E-state index is 0.372. The minimum atomic E-state index is -3.16. The Labute approximate surface area is 115 Å². The number of rotatable bonds is 4. The topological polar surface area (TPSA) is 55.4 Å². The van der Waals surface area contributed by atoms with Crippen molar-refractivity contribution in [1.82, 2.24) is 5.32 Å². The van der Waals surface area contributed by atoms with Crippen LogP contribution >= 0.6 is 0 Å². The molecular weight excluding hydrogens is 262 g/mol. The first-order valence-electron chi connectivity index (χ1n) is 6.58. The fraction of sp³-hybridized carbons (Fsp3) is 0.571. The second-order valence-electron chi connectivity index (χ2n) is 5.14. The molecule has 0 atom stereocenters. The maximum Gasteiger partial charge on any atom is 0.175 e. The number of sulfone groups is 1. The van der Waals surface area contributed by atoms with Gasteiger partial charge in [-0.2, -0.15) is 0 Å². The lowest BCUT2D eigenvalue weighted by molar-refractivity contribution is 0.361. The molecule has 5 heteroatoms. The van der Waals surface area contributed by atoms with E-state index in [2.05, 4.69) is 5.32 Å². The molecule has 0 spiro atoms. The van der Waals surface area contributed by atoms with Crippen molar-refractivity contribution in [2.24, 2.45) is 5.92 Å². The van der Waals surface area contributed by atoms with Gasteiger partial charge in [-0.1, -0.05) is 0 Å². The Morgan fingerprint density at radius 1 is 1.32 bits per heavy atom. The molecule has 19 heavy (non-hydrogen) atoms. The Morgan fingerprint density at radius 2 is 2.00 bits per heavy atom. The Hall–Kier alpha value is -1.07. The molecule has 0 aliphatic carbocycles. The summed E-state index contributed by atoms with van der Waals surface area (Å²) in [5.41, 5.74) is 0.998. The number of hydrogen-bond donors (Lipinski definition) is 1. The van der Waals surface area contributed by atoms with Crippen LogP contribution in [-0.4, -0.2) is 34.9 Å². The predicted molar refractivity (Wildman–Crippen MR) is 75.4 cm³/mol. The molecule has 0 aromatic heterocycles. The zero-order chi connectivity index (χ0) is 13.9. The molecule has 4 nitrogen and oxygen atoms in total. The normalized spacial score (nSPS) is 17.4. The molecule has 1 N–H and O–H groups in total. The SMILES string of the molecule is COc1ccc(S(C)(=O)=O)cc1CC1CCNCC1. The molecule has 2 rings (SSSR count). The smallest absolute Gasteiger partial charge is 0.175 e. The van der Waals surface area contributed by atoms with E-state index in [4.69, 9.17) is 4.74 Å². The standard InChI is InChI=1S/C14H21NO3S/c1-18-14-4-3-13(19(2,16)17)10-12(14)9-11-5-7-15-8-6-11/h3-4,10-11,15H,5-9H2,1-2H3. The largest absolute Gasteiger partial charge is 0.496 e. The second-order valence-corrected chi connectivity index (χ2v) is 7.16. The average molecular weight is 283 g/mol. The zero-order valence-corrected chi connectivity index (χ0v) is 12.3. The van der Waals surface area contributed by atoms with E-state index >= 15 is 0 Å². The highest BCUT2D eigenvalue weighted by molar-refractivity contribution is 7.90. The summed E-state index contributed by atoms with van der Waals surface area (Å²) in [6.45, 7) is 2.08. The first-order valence-corrected chi connectivity index (χ1v) is 8.47. The van der Waals surface area contributed by atoms with Crippen LogP contribution < -0.4 is 10.1 Å². The summed E-state index contributed by atoms with van der Waals surface area (Å²) in [6.07, 6.45) is 4.38. The van der Waals surface area contributed by atoms with Gasteiger partial charge in [-0.05, 0) is 62.0 Å². The van der Waals surface area contributed by atoms with Crippen LogP contribution in [0.1, 0.15) is 18.4 Å². The fourth-order valence-corrected chi connectivity index (χ4v) is 3.21. The highest BCUT2D eigenvalue weighted by Crippen LogP contribution is 2.27. The van der Waals surface area contributed by atoms with Gasteiger partial charge in [0.1, 0.15) is 5.75 Å². The van der Waals surface area contributed by atoms with Crippen LogP contribution in [0.2, 0.25) is 0 Å². The van der Waals surface area contributed by atoms with Crippen molar-refractivity contribution in [2.45, 2.75) is 24.2 Å². The fourth-order valence-electron chi connectivity index (χ4n) is 2.54. The Bertz CT molecular complexity index is 534. The van der Waals surface area contributed by atoms with Crippen molar-refractivity contribution in [3.8, 4) is 5.75 Å². The number of hydrogen-bond acceptors (Lipinski definition) is 4. The van der Waals surface area contributed by atoms with Crippen LogP contribution in [0, 0.1) is 5.92 Å². The zero-order valence-electron chi connectivity index (χ0n) is 11.5. The van der Waals surface area contributed by atoms with Crippen LogP contribution in [0.4, 0.5) is 0 Å². The molecule has 1 fully saturated rings. The third-order valence-corrected chi connectivity index (χ3v) is 4.76. The van der Waals surface area contributed by atoms with E-state index in [0.29, 0.717) is 10.8 Å². The van der Waals surface area contributed by atoms with E-state index in [1.165, 1.54) is 6.26 Å². The van der Waals surface area contributed by atoms with Crippen molar-refractivity contribution < 1.29 is 13.2 Å². The van der Waals surface area contributed by atoms with Gasteiger partial charge in [0.25, 0.3) is 0 Å². The van der Waals surface area contributed by atoms with E-state index in [-0.39, 0.29) is 0 Å². The van der Waals surface area contributed by atoms with Crippen LogP contribution in [0.3, 0.4) is 0 Å². The van der Waals surface area contributed by atoms with E-state index in [0.717, 1.165) is 43.7 Å². The maximum absolute atomic E-state index is 11.6. The van der Waals surface area contributed by atoms with Crippen LogP contribution in [0.25, 0.3) is 0 Å². The van der Waals surface area contributed by atoms with Crippen molar-refractivity contribution in [2.75, 3.05) is 26.5 Å². The van der Waals surface area contributed by atoms with Gasteiger partial charge >= 0.3 is 0 Å². The van der Waals surface area contributed by atoms with Crippen molar-refractivity contribution >= 4 is 9.84 Å². The molecule has 0 unspecified atom stereocenters. The quantitative estimate of drug-likeness (QED) is 0.912. The van der Waals surface area contributed by atoms with E-state index in [1.807, 2.05) is 0 Å². The Balaban J connectivity index is 2.25. The molecule has 1 saturated heterocycles. The van der Waals surface area contributed by atoms with Gasteiger partial charge in [0, 0.05) is 6.26 Å². The lowest BCUT2D eigenvalue weighted by atomic mass is 9.90. The molecule has 0 amide bonds. The van der Waals surface area contributed by atoms with Crippen LogP contribution in [-0.2, 0) is 16.3 Å². The summed E-state index contributed by atoms with van der Waals surface area (Å²) in [5, 5.41) is 3.34. The summed E-state index contributed by atoms with van der Waals surface area (Å²) in [7, 11) is -1.53. The van der Waals surface area contributed by atoms with Crippen molar-refractivity contribution in [3.63, 3.8) is 0 Å². The number of methoxy groups -OCH3 is 1. The molecule has 106 valence electrons. The third-order valence-electron chi connectivity index (χ3n) is 3.65. The molecule has 1 aliphatic rings. The maximum atomic E-state index is 11.6. The third kappa shape index (κ3) is 3.70. The summed E-state index contributed by atoms with van der Waals surface area (Å²) in [4.78, 5) is 0.372. The van der Waals surface area contributed by atoms with Crippen molar-refractivity contribution in [1.29, 1.82) is 0 Å². The van der Waals surface area contributed by atoms with E-state index in [1.54, 1.807) is 25.3 Å². The molecule has 1 aliphatic heterocycles. The molecule has 0 radical (unpaired) electrons. The van der Waals surface area contributed by atoms with Gasteiger partial charge in [-0.15, -0.1) is 0 Å². The summed E-state index contributed by atoms with van der Waals surface area (Å²) in [6, 6.07) is 5.13. The lowest BCUT2D eigenvalue weighted by Gasteiger charge is -2.23. The molecular formula is C14H21NO3S. The molecule has 1 aromatic carbocycles.